The van der Waals surface area contributed by atoms with Gasteiger partial charge in [-0.2, -0.15) is 5.26 Å². The average Bonchev–Trinajstić information content (AvgIpc) is 2.93. The van der Waals surface area contributed by atoms with Crippen LogP contribution in [0, 0.1) is 23.7 Å². The molecule has 0 aromatic carbocycles. The summed E-state index contributed by atoms with van der Waals surface area (Å²) in [6.45, 7) is 2.34. The lowest BCUT2D eigenvalue weighted by atomic mass is 10.0. The van der Waals surface area contributed by atoms with Gasteiger partial charge in [-0.3, -0.25) is 9.36 Å². The Labute approximate surface area is 98.5 Å². The third-order valence-electron chi connectivity index (χ3n) is 3.07. The number of aryl methyl sites for hydroxylation is 1. The predicted octanol–water partition coefficient (Wildman–Crippen LogP) is 1.90. The van der Waals surface area contributed by atoms with Crippen molar-refractivity contribution in [3.8, 4) is 6.07 Å². The minimum atomic E-state index is -0.137. The first kappa shape index (κ1) is 11.2. The van der Waals surface area contributed by atoms with Gasteiger partial charge in [0.25, 0.3) is 5.56 Å². The number of rotatable bonds is 3. The molecular weight excluding hydrogens is 226 g/mol. The van der Waals surface area contributed by atoms with E-state index in [1.807, 2.05) is 0 Å². The van der Waals surface area contributed by atoms with Gasteiger partial charge in [0.15, 0.2) is 0 Å². The van der Waals surface area contributed by atoms with Crippen LogP contribution >= 0.6 is 11.6 Å². The van der Waals surface area contributed by atoms with E-state index in [9.17, 15) is 4.79 Å². The minimum Gasteiger partial charge on any atom is -0.296 e. The molecule has 2 rings (SSSR count). The lowest BCUT2D eigenvalue weighted by molar-refractivity contribution is 0.413. The van der Waals surface area contributed by atoms with Crippen LogP contribution in [-0.2, 0) is 6.54 Å². The van der Waals surface area contributed by atoms with E-state index in [1.165, 1.54) is 6.07 Å². The first-order chi connectivity index (χ1) is 7.56. The van der Waals surface area contributed by atoms with Gasteiger partial charge in [-0.05, 0) is 19.8 Å². The number of hydrogen-bond donors (Lipinski definition) is 0. The molecule has 0 saturated heterocycles. The molecule has 5 heteroatoms. The molecule has 1 aliphatic carbocycles. The van der Waals surface area contributed by atoms with E-state index in [-0.39, 0.29) is 16.1 Å². The van der Waals surface area contributed by atoms with Crippen molar-refractivity contribution in [2.45, 2.75) is 32.7 Å². The first-order valence-corrected chi connectivity index (χ1v) is 5.55. The maximum Gasteiger partial charge on any atom is 0.254 e. The van der Waals surface area contributed by atoms with E-state index in [2.05, 4.69) is 11.1 Å². The Hall–Kier alpha value is -1.34. The van der Waals surface area contributed by atoms with E-state index in [0.29, 0.717) is 18.8 Å². The van der Waals surface area contributed by atoms with Crippen LogP contribution in [0.1, 0.15) is 25.1 Å². The number of aromatic nitrogens is 2. The van der Waals surface area contributed by atoms with Crippen molar-refractivity contribution < 1.29 is 0 Å². The minimum absolute atomic E-state index is 0.00114. The molecule has 1 saturated carbocycles. The van der Waals surface area contributed by atoms with Crippen LogP contribution in [0.5, 0.6) is 0 Å². The highest BCUT2D eigenvalue weighted by Gasteiger charge is 2.43. The standard InChI is InChI=1S/C11H12ClN3O/c1-8-14-9(12)6-10(16)15(8)7-11(2-3-11)4-5-13/h6H,2-4,7H2,1H3. The topological polar surface area (TPSA) is 58.7 Å². The van der Waals surface area contributed by atoms with Gasteiger partial charge in [0.2, 0.25) is 0 Å². The van der Waals surface area contributed by atoms with Gasteiger partial charge in [0, 0.05) is 24.4 Å². The Morgan fingerprint density at radius 2 is 2.38 bits per heavy atom. The van der Waals surface area contributed by atoms with Crippen LogP contribution in [0.25, 0.3) is 0 Å². The van der Waals surface area contributed by atoms with Gasteiger partial charge in [0.05, 0.1) is 6.07 Å². The summed E-state index contributed by atoms with van der Waals surface area (Å²) in [6.07, 6.45) is 2.52. The molecule has 1 aromatic rings. The van der Waals surface area contributed by atoms with Crippen molar-refractivity contribution in [1.29, 1.82) is 5.26 Å². The van der Waals surface area contributed by atoms with E-state index in [1.54, 1.807) is 11.5 Å². The molecule has 1 aliphatic rings. The molecular formula is C11H12ClN3O. The Bertz CT molecular complexity index is 511. The summed E-state index contributed by atoms with van der Waals surface area (Å²) in [7, 11) is 0. The summed E-state index contributed by atoms with van der Waals surface area (Å²) in [4.78, 5) is 15.8. The van der Waals surface area contributed by atoms with Crippen LogP contribution in [0.2, 0.25) is 5.15 Å². The average molecular weight is 238 g/mol. The molecule has 0 N–H and O–H groups in total. The number of hydrogen-bond acceptors (Lipinski definition) is 3. The number of halogens is 1. The molecule has 0 radical (unpaired) electrons. The molecule has 0 atom stereocenters. The number of nitrogens with zero attached hydrogens (tertiary/aromatic N) is 3. The highest BCUT2D eigenvalue weighted by Crippen LogP contribution is 2.49. The van der Waals surface area contributed by atoms with E-state index in [4.69, 9.17) is 16.9 Å². The van der Waals surface area contributed by atoms with Gasteiger partial charge in [-0.1, -0.05) is 11.6 Å². The van der Waals surface area contributed by atoms with Gasteiger partial charge < -0.3 is 0 Å². The largest absolute Gasteiger partial charge is 0.296 e. The predicted molar refractivity (Wildman–Crippen MR) is 60.1 cm³/mol. The Morgan fingerprint density at radius 1 is 1.69 bits per heavy atom. The summed E-state index contributed by atoms with van der Waals surface area (Å²) in [6, 6.07) is 3.50. The SMILES string of the molecule is Cc1nc(Cl)cc(=O)n1CC1(CC#N)CC1. The fourth-order valence-corrected chi connectivity index (χ4v) is 2.07. The molecule has 0 amide bonds. The monoisotopic (exact) mass is 237 g/mol. The molecule has 4 nitrogen and oxygen atoms in total. The summed E-state index contributed by atoms with van der Waals surface area (Å²) in [5.41, 5.74) is -0.138. The highest BCUT2D eigenvalue weighted by atomic mass is 35.5. The third kappa shape index (κ3) is 2.10. The van der Waals surface area contributed by atoms with Crippen LogP contribution in [0.4, 0.5) is 0 Å². The van der Waals surface area contributed by atoms with E-state index >= 15 is 0 Å². The second kappa shape index (κ2) is 3.91. The lowest BCUT2D eigenvalue weighted by Gasteiger charge is -2.15. The maximum absolute atomic E-state index is 11.7. The second-order valence-electron chi connectivity index (χ2n) is 4.39. The van der Waals surface area contributed by atoms with Crippen LogP contribution < -0.4 is 5.56 Å². The molecule has 84 valence electrons. The first-order valence-electron chi connectivity index (χ1n) is 5.17. The van der Waals surface area contributed by atoms with Gasteiger partial charge >= 0.3 is 0 Å². The molecule has 0 spiro atoms. The Kier molecular flexibility index (Phi) is 2.73. The fraction of sp³-hybridized carbons (Fsp3) is 0.545. The van der Waals surface area contributed by atoms with Crippen molar-refractivity contribution in [2.75, 3.05) is 0 Å². The molecule has 0 bridgehead atoms. The lowest BCUT2D eigenvalue weighted by Crippen LogP contribution is -2.27. The summed E-state index contributed by atoms with van der Waals surface area (Å²) in [5.74, 6) is 0.613. The van der Waals surface area contributed by atoms with Crippen molar-refractivity contribution >= 4 is 11.6 Å². The van der Waals surface area contributed by atoms with Crippen molar-refractivity contribution in [1.82, 2.24) is 9.55 Å². The number of nitriles is 1. The third-order valence-corrected chi connectivity index (χ3v) is 3.27. The normalized spacial score (nSPS) is 16.8. The van der Waals surface area contributed by atoms with Crippen molar-refractivity contribution in [3.63, 3.8) is 0 Å². The zero-order valence-electron chi connectivity index (χ0n) is 9.03. The molecule has 1 fully saturated rings. The molecule has 16 heavy (non-hydrogen) atoms. The Balaban J connectivity index is 2.29. The van der Waals surface area contributed by atoms with Gasteiger partial charge in [0.1, 0.15) is 11.0 Å². The molecule has 1 aromatic heterocycles. The summed E-state index contributed by atoms with van der Waals surface area (Å²) >= 11 is 5.69. The molecule has 1 heterocycles. The van der Waals surface area contributed by atoms with Crippen molar-refractivity contribution in [3.05, 3.63) is 27.4 Å². The zero-order valence-corrected chi connectivity index (χ0v) is 9.79. The Morgan fingerprint density at radius 3 is 2.88 bits per heavy atom. The summed E-state index contributed by atoms with van der Waals surface area (Å²) < 4.78 is 1.61. The van der Waals surface area contributed by atoms with Crippen LogP contribution in [0.15, 0.2) is 10.9 Å². The van der Waals surface area contributed by atoms with Crippen LogP contribution in [-0.4, -0.2) is 9.55 Å². The quantitative estimate of drug-likeness (QED) is 0.755. The highest BCUT2D eigenvalue weighted by molar-refractivity contribution is 6.29. The van der Waals surface area contributed by atoms with Gasteiger partial charge in [-0.15, -0.1) is 0 Å². The maximum atomic E-state index is 11.7. The fourth-order valence-electron chi connectivity index (χ4n) is 1.85. The van der Waals surface area contributed by atoms with E-state index < -0.39 is 0 Å². The zero-order chi connectivity index (χ0) is 11.8. The van der Waals surface area contributed by atoms with Crippen LogP contribution in [0.3, 0.4) is 0 Å². The molecule has 0 aliphatic heterocycles. The van der Waals surface area contributed by atoms with Gasteiger partial charge in [-0.25, -0.2) is 4.98 Å². The van der Waals surface area contributed by atoms with Crippen molar-refractivity contribution in [2.24, 2.45) is 5.41 Å². The molecule has 0 unspecified atom stereocenters. The van der Waals surface area contributed by atoms with E-state index in [0.717, 1.165) is 12.8 Å². The second-order valence-corrected chi connectivity index (χ2v) is 4.77. The summed E-state index contributed by atoms with van der Waals surface area (Å²) in [5, 5.41) is 8.95. The smallest absolute Gasteiger partial charge is 0.254 e.